The first-order valence-corrected chi connectivity index (χ1v) is 4.77. The lowest BCUT2D eigenvalue weighted by Crippen LogP contribution is -2.17. The molecule has 0 saturated carbocycles. The molecule has 0 aliphatic rings. The molecule has 0 bridgehead atoms. The number of ether oxygens (including phenoxy) is 2. The van der Waals surface area contributed by atoms with Gasteiger partial charge in [0.05, 0.1) is 14.2 Å². The van der Waals surface area contributed by atoms with Gasteiger partial charge in [-0.1, -0.05) is 6.58 Å². The van der Waals surface area contributed by atoms with Gasteiger partial charge in [-0.15, -0.1) is 0 Å². The first-order chi connectivity index (χ1) is 7.58. The zero-order valence-electron chi connectivity index (χ0n) is 9.66. The van der Waals surface area contributed by atoms with E-state index >= 15 is 0 Å². The minimum absolute atomic E-state index is 0.153. The van der Waals surface area contributed by atoms with E-state index in [4.69, 9.17) is 9.47 Å². The van der Waals surface area contributed by atoms with Gasteiger partial charge in [0, 0.05) is 18.2 Å². The normalized spacial score (nSPS) is 9.44. The minimum Gasteiger partial charge on any atom is -0.493 e. The van der Waals surface area contributed by atoms with Crippen LogP contribution in [-0.2, 0) is 4.79 Å². The maximum absolute atomic E-state index is 10.9. The number of benzene rings is 1. The molecule has 0 spiro atoms. The predicted molar refractivity (Wildman–Crippen MR) is 62.4 cm³/mol. The average Bonchev–Trinajstić information content (AvgIpc) is 2.27. The highest BCUT2D eigenvalue weighted by atomic mass is 16.5. The molecule has 0 aromatic heterocycles. The molecular weight excluding hydrogens is 206 g/mol. The van der Waals surface area contributed by atoms with Crippen LogP contribution in [0.3, 0.4) is 0 Å². The van der Waals surface area contributed by atoms with Crippen LogP contribution in [0.15, 0.2) is 24.8 Å². The van der Waals surface area contributed by atoms with Crippen LogP contribution in [0.5, 0.6) is 11.5 Å². The molecule has 0 heterocycles. The molecule has 0 aliphatic heterocycles. The summed E-state index contributed by atoms with van der Waals surface area (Å²) in [4.78, 5) is 10.9. The zero-order valence-corrected chi connectivity index (χ0v) is 9.66. The summed E-state index contributed by atoms with van der Waals surface area (Å²) in [5.74, 6) is 1.09. The Morgan fingerprint density at radius 3 is 2.38 bits per heavy atom. The molecule has 0 saturated heterocycles. The third-order valence-electron chi connectivity index (χ3n) is 2.06. The number of hydrogen-bond acceptors (Lipinski definition) is 3. The van der Waals surface area contributed by atoms with Crippen LogP contribution < -0.4 is 14.8 Å². The summed E-state index contributed by atoms with van der Waals surface area (Å²) in [5.41, 5.74) is 1.32. The number of hydrogen-bond donors (Lipinski definition) is 1. The van der Waals surface area contributed by atoms with Gasteiger partial charge in [0.25, 0.3) is 0 Å². The number of carbonyl (C=O) groups excluding carboxylic acids is 1. The fourth-order valence-corrected chi connectivity index (χ4v) is 1.31. The van der Waals surface area contributed by atoms with Crippen molar-refractivity contribution in [3.8, 4) is 11.5 Å². The predicted octanol–water partition coefficient (Wildman–Crippen LogP) is 1.81. The Balaban J connectivity index is 2.98. The van der Waals surface area contributed by atoms with E-state index in [2.05, 4.69) is 11.9 Å². The number of nitrogens with one attached hydrogen (secondary N) is 1. The molecular formula is C12H15NO3. The molecule has 0 fully saturated rings. The number of rotatable bonds is 4. The Morgan fingerprint density at radius 1 is 1.25 bits per heavy atom. The van der Waals surface area contributed by atoms with E-state index in [1.807, 2.05) is 0 Å². The van der Waals surface area contributed by atoms with Gasteiger partial charge in [-0.25, -0.2) is 0 Å². The lowest BCUT2D eigenvalue weighted by Gasteiger charge is -2.11. The molecule has 4 heteroatoms. The third kappa shape index (κ3) is 2.76. The van der Waals surface area contributed by atoms with Crippen LogP contribution in [0.4, 0.5) is 0 Å². The van der Waals surface area contributed by atoms with Crippen LogP contribution in [0.25, 0.3) is 5.70 Å². The number of methoxy groups -OCH3 is 2. The second-order valence-electron chi connectivity index (χ2n) is 3.23. The van der Waals surface area contributed by atoms with Gasteiger partial charge < -0.3 is 14.8 Å². The van der Waals surface area contributed by atoms with E-state index < -0.39 is 0 Å². The van der Waals surface area contributed by atoms with E-state index in [0.717, 1.165) is 5.56 Å². The van der Waals surface area contributed by atoms with Gasteiger partial charge in [0.2, 0.25) is 5.91 Å². The van der Waals surface area contributed by atoms with Crippen molar-refractivity contribution in [3.63, 3.8) is 0 Å². The van der Waals surface area contributed by atoms with Crippen molar-refractivity contribution >= 4 is 11.6 Å². The summed E-state index contributed by atoms with van der Waals surface area (Å²) in [7, 11) is 3.13. The SMILES string of the molecule is C=C(NC(C)=O)c1ccc(OC)c(OC)c1. The molecule has 1 rings (SSSR count). The molecule has 1 amide bonds. The lowest BCUT2D eigenvalue weighted by molar-refractivity contribution is -0.117. The fraction of sp³-hybridized carbons (Fsp3) is 0.250. The summed E-state index contributed by atoms with van der Waals surface area (Å²) >= 11 is 0. The first-order valence-electron chi connectivity index (χ1n) is 4.77. The summed E-state index contributed by atoms with van der Waals surface area (Å²) < 4.78 is 10.3. The van der Waals surface area contributed by atoms with Gasteiger partial charge in [-0.3, -0.25) is 4.79 Å². The van der Waals surface area contributed by atoms with Gasteiger partial charge >= 0.3 is 0 Å². The highest BCUT2D eigenvalue weighted by molar-refractivity contribution is 5.84. The van der Waals surface area contributed by atoms with Crippen LogP contribution in [0, 0.1) is 0 Å². The molecule has 0 atom stereocenters. The Hall–Kier alpha value is -1.97. The second kappa shape index (κ2) is 5.21. The largest absolute Gasteiger partial charge is 0.493 e. The van der Waals surface area contributed by atoms with Gasteiger partial charge in [-0.2, -0.15) is 0 Å². The van der Waals surface area contributed by atoms with Crippen molar-refractivity contribution in [1.82, 2.24) is 5.32 Å². The Morgan fingerprint density at radius 2 is 1.88 bits per heavy atom. The molecule has 1 aromatic carbocycles. The zero-order chi connectivity index (χ0) is 12.1. The van der Waals surface area contributed by atoms with E-state index in [1.54, 1.807) is 32.4 Å². The van der Waals surface area contributed by atoms with Gasteiger partial charge in [0.1, 0.15) is 0 Å². The summed E-state index contributed by atoms with van der Waals surface area (Å²) in [6, 6.07) is 5.33. The molecule has 1 N–H and O–H groups in total. The Bertz CT molecular complexity index is 413. The minimum atomic E-state index is -0.153. The quantitative estimate of drug-likeness (QED) is 0.843. The standard InChI is InChI=1S/C12H15NO3/c1-8(13-9(2)14)10-5-6-11(15-3)12(7-10)16-4/h5-7H,1H2,2-4H3,(H,13,14). The van der Waals surface area contributed by atoms with Crippen LogP contribution in [-0.4, -0.2) is 20.1 Å². The van der Waals surface area contributed by atoms with Crippen molar-refractivity contribution in [1.29, 1.82) is 0 Å². The van der Waals surface area contributed by atoms with Crippen LogP contribution in [0.2, 0.25) is 0 Å². The molecule has 4 nitrogen and oxygen atoms in total. The van der Waals surface area contributed by atoms with Gasteiger partial charge in [0.15, 0.2) is 11.5 Å². The van der Waals surface area contributed by atoms with Crippen molar-refractivity contribution in [2.75, 3.05) is 14.2 Å². The molecule has 0 aliphatic carbocycles. The van der Waals surface area contributed by atoms with Gasteiger partial charge in [-0.05, 0) is 18.2 Å². The number of amides is 1. The Labute approximate surface area is 94.9 Å². The smallest absolute Gasteiger partial charge is 0.221 e. The molecule has 0 unspecified atom stereocenters. The summed E-state index contributed by atoms with van der Waals surface area (Å²) in [5, 5.41) is 2.62. The Kier molecular flexibility index (Phi) is 3.94. The summed E-state index contributed by atoms with van der Waals surface area (Å²) in [6.45, 7) is 5.20. The van der Waals surface area contributed by atoms with Crippen LogP contribution >= 0.6 is 0 Å². The molecule has 86 valence electrons. The van der Waals surface area contributed by atoms with E-state index in [9.17, 15) is 4.79 Å². The highest BCUT2D eigenvalue weighted by Gasteiger charge is 2.07. The highest BCUT2D eigenvalue weighted by Crippen LogP contribution is 2.29. The topological polar surface area (TPSA) is 47.6 Å². The van der Waals surface area contributed by atoms with E-state index in [-0.39, 0.29) is 5.91 Å². The van der Waals surface area contributed by atoms with Crippen LogP contribution in [0.1, 0.15) is 12.5 Å². The van der Waals surface area contributed by atoms with Crippen molar-refractivity contribution in [3.05, 3.63) is 30.3 Å². The molecule has 16 heavy (non-hydrogen) atoms. The van der Waals surface area contributed by atoms with Crippen molar-refractivity contribution in [2.45, 2.75) is 6.92 Å². The third-order valence-corrected chi connectivity index (χ3v) is 2.06. The summed E-state index contributed by atoms with van der Waals surface area (Å²) in [6.07, 6.45) is 0. The molecule has 1 aromatic rings. The van der Waals surface area contributed by atoms with E-state index in [0.29, 0.717) is 17.2 Å². The second-order valence-corrected chi connectivity index (χ2v) is 3.23. The molecule has 0 radical (unpaired) electrons. The van der Waals surface area contributed by atoms with Crippen molar-refractivity contribution < 1.29 is 14.3 Å². The van der Waals surface area contributed by atoms with E-state index in [1.165, 1.54) is 6.92 Å². The first kappa shape index (κ1) is 12.1. The maximum atomic E-state index is 10.9. The number of carbonyl (C=O) groups is 1. The van der Waals surface area contributed by atoms with Crippen molar-refractivity contribution in [2.24, 2.45) is 0 Å². The lowest BCUT2D eigenvalue weighted by atomic mass is 10.1. The average molecular weight is 221 g/mol. The maximum Gasteiger partial charge on any atom is 0.221 e. The monoisotopic (exact) mass is 221 g/mol. The fourth-order valence-electron chi connectivity index (χ4n) is 1.31.